The van der Waals surface area contributed by atoms with E-state index in [0.717, 1.165) is 38.5 Å². The second-order valence-electron chi connectivity index (χ2n) is 14.0. The maximum Gasteiger partial charge on any atom is 0.249 e. The van der Waals surface area contributed by atoms with Crippen LogP contribution in [0.3, 0.4) is 0 Å². The number of rotatable bonds is 34. The third kappa shape index (κ3) is 20.1. The number of nitrogens with two attached hydrogens (primary N) is 2. The van der Waals surface area contributed by atoms with Gasteiger partial charge in [-0.15, -0.1) is 0 Å². The maximum absolute atomic E-state index is 12.4. The van der Waals surface area contributed by atoms with Gasteiger partial charge in [0.15, 0.2) is 0 Å². The van der Waals surface area contributed by atoms with E-state index in [2.05, 4.69) is 13.8 Å². The molecule has 2 atom stereocenters. The number of carbonyl (C=O) groups is 2. The molecule has 262 valence electrons. The van der Waals surface area contributed by atoms with Crippen LogP contribution in [0.4, 0.5) is 0 Å². The van der Waals surface area contributed by atoms with Gasteiger partial charge in [-0.25, -0.2) is 0 Å². The highest BCUT2D eigenvalue weighted by molar-refractivity contribution is 5.88. The van der Waals surface area contributed by atoms with Crippen molar-refractivity contribution in [3.8, 4) is 0 Å². The van der Waals surface area contributed by atoms with E-state index in [1.807, 2.05) is 0 Å². The molecular formula is C38H76N2O4. The van der Waals surface area contributed by atoms with E-state index < -0.39 is 28.9 Å². The number of primary amides is 2. The number of carbonyl (C=O) groups excluding carboxylic acids is 2. The van der Waals surface area contributed by atoms with E-state index in [0.29, 0.717) is 12.8 Å². The summed E-state index contributed by atoms with van der Waals surface area (Å²) in [4.78, 5) is 24.8. The lowest BCUT2D eigenvalue weighted by Gasteiger charge is -2.40. The molecule has 0 radical (unpaired) electrons. The SMILES string of the molecule is CCCCCCCCCCCCCCCCC(O)(C(N)=O)C(C)C(O)(CCCCCCCCCCCCCCCC)C(N)=O. The van der Waals surface area contributed by atoms with Gasteiger partial charge in [-0.1, -0.05) is 201 Å². The molecule has 0 fully saturated rings. The predicted molar refractivity (Wildman–Crippen MR) is 187 cm³/mol. The van der Waals surface area contributed by atoms with Crippen molar-refractivity contribution in [1.82, 2.24) is 0 Å². The van der Waals surface area contributed by atoms with Crippen molar-refractivity contribution in [2.75, 3.05) is 0 Å². The lowest BCUT2D eigenvalue weighted by molar-refractivity contribution is -0.170. The number of aliphatic hydroxyl groups is 2. The average Bonchev–Trinajstić information content (AvgIpc) is 3.00. The molecule has 2 unspecified atom stereocenters. The molecule has 0 aromatic heterocycles. The highest BCUT2D eigenvalue weighted by Crippen LogP contribution is 2.36. The predicted octanol–water partition coefficient (Wildman–Crippen LogP) is 9.80. The molecule has 0 aliphatic carbocycles. The van der Waals surface area contributed by atoms with Crippen molar-refractivity contribution < 1.29 is 19.8 Å². The molecule has 0 rings (SSSR count). The molecule has 44 heavy (non-hydrogen) atoms. The Balaban J connectivity index is 4.25. The smallest absolute Gasteiger partial charge is 0.249 e. The fraction of sp³-hybridized carbons (Fsp3) is 0.947. The molecule has 0 spiro atoms. The number of unbranched alkanes of at least 4 members (excludes halogenated alkanes) is 26. The molecule has 6 N–H and O–H groups in total. The molecule has 0 bridgehead atoms. The van der Waals surface area contributed by atoms with Crippen molar-refractivity contribution in [1.29, 1.82) is 0 Å². The zero-order chi connectivity index (χ0) is 32.9. The molecule has 0 saturated carbocycles. The zero-order valence-corrected chi connectivity index (χ0v) is 29.7. The summed E-state index contributed by atoms with van der Waals surface area (Å²) in [5, 5.41) is 22.6. The Morgan fingerprint density at radius 1 is 0.432 bits per heavy atom. The minimum atomic E-state index is -1.96. The minimum Gasteiger partial charge on any atom is -0.380 e. The van der Waals surface area contributed by atoms with E-state index in [9.17, 15) is 19.8 Å². The van der Waals surface area contributed by atoms with Crippen molar-refractivity contribution in [2.45, 2.75) is 225 Å². The van der Waals surface area contributed by atoms with Gasteiger partial charge in [0, 0.05) is 5.92 Å². The third-order valence-corrected chi connectivity index (χ3v) is 10.1. The number of hydrogen-bond donors (Lipinski definition) is 4. The van der Waals surface area contributed by atoms with E-state index in [-0.39, 0.29) is 12.8 Å². The van der Waals surface area contributed by atoms with Crippen LogP contribution in [0, 0.1) is 5.92 Å². The summed E-state index contributed by atoms with van der Waals surface area (Å²) in [5.74, 6) is -2.84. The lowest BCUT2D eigenvalue weighted by Crippen LogP contribution is -2.61. The van der Waals surface area contributed by atoms with Crippen molar-refractivity contribution in [3.63, 3.8) is 0 Å². The highest BCUT2D eigenvalue weighted by atomic mass is 16.3. The van der Waals surface area contributed by atoms with E-state index in [1.165, 1.54) is 128 Å². The molecule has 0 aromatic carbocycles. The second kappa shape index (κ2) is 28.1. The maximum atomic E-state index is 12.4. The second-order valence-corrected chi connectivity index (χ2v) is 14.0. The normalized spacial score (nSPS) is 15.1. The summed E-state index contributed by atoms with van der Waals surface area (Å²) < 4.78 is 0. The van der Waals surface area contributed by atoms with E-state index in [1.54, 1.807) is 6.92 Å². The fourth-order valence-electron chi connectivity index (χ4n) is 6.68. The molecule has 6 nitrogen and oxygen atoms in total. The summed E-state index contributed by atoms with van der Waals surface area (Å²) in [6, 6.07) is 0. The molecule has 0 saturated heterocycles. The molecule has 0 aliphatic heterocycles. The van der Waals surface area contributed by atoms with Gasteiger partial charge < -0.3 is 21.7 Å². The monoisotopic (exact) mass is 625 g/mol. The molecule has 0 aliphatic rings. The van der Waals surface area contributed by atoms with Crippen LogP contribution in [0.1, 0.15) is 213 Å². The molecule has 0 heterocycles. The Bertz CT molecular complexity index is 632. The number of amides is 2. The standard InChI is InChI=1S/C38H76N2O4/c1-4-6-8-10-12-14-16-18-20-22-24-26-28-30-32-37(43,35(39)41)34(3)38(44,36(40)42)33-31-29-27-25-23-21-19-17-15-13-11-9-7-5-2/h34,43-44H,4-33H2,1-3H3,(H2,39,41)(H2,40,42). The van der Waals surface area contributed by atoms with Crippen molar-refractivity contribution in [3.05, 3.63) is 0 Å². The topological polar surface area (TPSA) is 127 Å². The zero-order valence-electron chi connectivity index (χ0n) is 29.7. The summed E-state index contributed by atoms with van der Waals surface area (Å²) in [6.07, 6.45) is 34.1. The molecular weight excluding hydrogens is 548 g/mol. The Morgan fingerprint density at radius 3 is 0.795 bits per heavy atom. The van der Waals surface area contributed by atoms with Gasteiger partial charge in [0.05, 0.1) is 0 Å². The first-order valence-electron chi connectivity index (χ1n) is 19.2. The van der Waals surface area contributed by atoms with Crippen molar-refractivity contribution >= 4 is 11.8 Å². The van der Waals surface area contributed by atoms with Crippen LogP contribution in [-0.2, 0) is 9.59 Å². The molecule has 2 amide bonds. The van der Waals surface area contributed by atoms with Crippen LogP contribution in [0.25, 0.3) is 0 Å². The van der Waals surface area contributed by atoms with Crippen LogP contribution in [0.2, 0.25) is 0 Å². The van der Waals surface area contributed by atoms with Crippen LogP contribution in [0.15, 0.2) is 0 Å². The highest BCUT2D eigenvalue weighted by Gasteiger charge is 2.52. The molecule has 0 aromatic rings. The third-order valence-electron chi connectivity index (χ3n) is 10.1. The van der Waals surface area contributed by atoms with Gasteiger partial charge in [-0.2, -0.15) is 0 Å². The van der Waals surface area contributed by atoms with Crippen molar-refractivity contribution in [2.24, 2.45) is 17.4 Å². The fourth-order valence-corrected chi connectivity index (χ4v) is 6.68. The summed E-state index contributed by atoms with van der Waals surface area (Å²) in [5.41, 5.74) is 7.38. The van der Waals surface area contributed by atoms with Gasteiger partial charge in [0.2, 0.25) is 11.8 Å². The molecule has 6 heteroatoms. The van der Waals surface area contributed by atoms with Gasteiger partial charge in [0.25, 0.3) is 0 Å². The first kappa shape index (κ1) is 42.9. The van der Waals surface area contributed by atoms with Gasteiger partial charge in [-0.05, 0) is 12.8 Å². The largest absolute Gasteiger partial charge is 0.380 e. The number of hydrogen-bond acceptors (Lipinski definition) is 4. The lowest BCUT2D eigenvalue weighted by atomic mass is 9.71. The first-order chi connectivity index (χ1) is 21.2. The van der Waals surface area contributed by atoms with Crippen LogP contribution < -0.4 is 11.5 Å². The van der Waals surface area contributed by atoms with Crippen LogP contribution >= 0.6 is 0 Å². The van der Waals surface area contributed by atoms with Gasteiger partial charge in [0.1, 0.15) is 11.2 Å². The van der Waals surface area contributed by atoms with Gasteiger partial charge >= 0.3 is 0 Å². The Morgan fingerprint density at radius 2 is 0.614 bits per heavy atom. The summed E-state index contributed by atoms with van der Waals surface area (Å²) in [6.45, 7) is 6.05. The first-order valence-corrected chi connectivity index (χ1v) is 19.2. The Kier molecular flexibility index (Phi) is 27.4. The average molecular weight is 625 g/mol. The quantitative estimate of drug-likeness (QED) is 0.0531. The Hall–Kier alpha value is -1.14. The van der Waals surface area contributed by atoms with Gasteiger partial charge in [-0.3, -0.25) is 9.59 Å². The minimum absolute atomic E-state index is 0.135. The summed E-state index contributed by atoms with van der Waals surface area (Å²) in [7, 11) is 0. The van der Waals surface area contributed by atoms with E-state index in [4.69, 9.17) is 11.5 Å². The van der Waals surface area contributed by atoms with E-state index >= 15 is 0 Å². The van der Waals surface area contributed by atoms with Crippen LogP contribution in [0.5, 0.6) is 0 Å². The van der Waals surface area contributed by atoms with Crippen LogP contribution in [-0.4, -0.2) is 33.2 Å². The summed E-state index contributed by atoms with van der Waals surface area (Å²) >= 11 is 0. The Labute approximate surface area is 273 Å².